The number of ether oxygens (including phenoxy) is 1. The minimum absolute atomic E-state index is 0.0485. The van der Waals surface area contributed by atoms with Crippen molar-refractivity contribution in [3.8, 4) is 5.75 Å². The predicted octanol–water partition coefficient (Wildman–Crippen LogP) is 1.12. The van der Waals surface area contributed by atoms with Gasteiger partial charge in [0.15, 0.2) is 0 Å². The number of anilines is 2. The van der Waals surface area contributed by atoms with Gasteiger partial charge >= 0.3 is 0 Å². The number of aliphatic carboxylic acids is 1. The second-order valence-corrected chi connectivity index (χ2v) is 6.14. The molecule has 0 bridgehead atoms. The summed E-state index contributed by atoms with van der Waals surface area (Å²) in [6.45, 7) is 2.41. The molecule has 1 saturated heterocycles. The van der Waals surface area contributed by atoms with Gasteiger partial charge in [0.2, 0.25) is 5.91 Å². The maximum atomic E-state index is 12.7. The first-order chi connectivity index (χ1) is 13.0. The lowest BCUT2D eigenvalue weighted by Gasteiger charge is -2.16. The van der Waals surface area contributed by atoms with Crippen LogP contribution in [0.2, 0.25) is 0 Å². The van der Waals surface area contributed by atoms with Gasteiger partial charge in [-0.05, 0) is 48.9 Å². The molecule has 0 saturated carbocycles. The third kappa shape index (κ3) is 4.25. The van der Waals surface area contributed by atoms with Crippen molar-refractivity contribution in [3.63, 3.8) is 0 Å². The molecule has 27 heavy (non-hydrogen) atoms. The van der Waals surface area contributed by atoms with E-state index in [1.165, 1.54) is 0 Å². The minimum atomic E-state index is -1.15. The second kappa shape index (κ2) is 7.90. The highest BCUT2D eigenvalue weighted by molar-refractivity contribution is 6.23. The molecule has 7 nitrogen and oxygen atoms in total. The van der Waals surface area contributed by atoms with E-state index in [1.807, 2.05) is 6.92 Å². The van der Waals surface area contributed by atoms with Gasteiger partial charge in [0.1, 0.15) is 11.8 Å². The van der Waals surface area contributed by atoms with Gasteiger partial charge in [-0.3, -0.25) is 9.59 Å². The molecule has 0 unspecified atom stereocenters. The fraction of sp³-hybridized carbons (Fsp3) is 0.250. The quantitative estimate of drug-likeness (QED) is 0.737. The summed E-state index contributed by atoms with van der Waals surface area (Å²) in [7, 11) is 0. The Hall–Kier alpha value is -3.35. The van der Waals surface area contributed by atoms with Crippen LogP contribution >= 0.6 is 0 Å². The number of carbonyl (C=O) groups is 3. The highest BCUT2D eigenvalue weighted by Gasteiger charge is 2.39. The summed E-state index contributed by atoms with van der Waals surface area (Å²) in [5.41, 5.74) is 1.74. The maximum absolute atomic E-state index is 12.7. The van der Waals surface area contributed by atoms with Crippen molar-refractivity contribution in [2.24, 2.45) is 0 Å². The summed E-state index contributed by atoms with van der Waals surface area (Å²) in [6.07, 6.45) is -0.126. The molecule has 1 N–H and O–H groups in total. The van der Waals surface area contributed by atoms with Crippen molar-refractivity contribution in [2.75, 3.05) is 16.8 Å². The maximum Gasteiger partial charge on any atom is 0.256 e. The molecular weight excluding hydrogens is 348 g/mol. The SMILES string of the molecule is CCOc1ccc(N2C(=O)C[C@@H](Nc3ccc(CC(=O)[O-])cc3)C2=O)cc1. The van der Waals surface area contributed by atoms with E-state index in [-0.39, 0.29) is 24.7 Å². The number of nitrogens with zero attached hydrogens (tertiary/aromatic N) is 1. The van der Waals surface area contributed by atoms with Crippen LogP contribution in [0.25, 0.3) is 0 Å². The Morgan fingerprint density at radius 2 is 1.81 bits per heavy atom. The molecule has 7 heteroatoms. The molecule has 1 fully saturated rings. The Morgan fingerprint density at radius 1 is 1.15 bits per heavy atom. The molecular formula is C20H19N2O5-. The van der Waals surface area contributed by atoms with Crippen molar-refractivity contribution in [2.45, 2.75) is 25.8 Å². The van der Waals surface area contributed by atoms with Crippen LogP contribution in [0.1, 0.15) is 18.9 Å². The third-order valence-electron chi connectivity index (χ3n) is 4.20. The van der Waals surface area contributed by atoms with Gasteiger partial charge in [-0.2, -0.15) is 0 Å². The first kappa shape index (κ1) is 18.4. The van der Waals surface area contributed by atoms with E-state index in [0.29, 0.717) is 29.3 Å². The number of nitrogens with one attached hydrogen (secondary N) is 1. The summed E-state index contributed by atoms with van der Waals surface area (Å²) in [5.74, 6) is -1.09. The summed E-state index contributed by atoms with van der Waals surface area (Å²) >= 11 is 0. The van der Waals surface area contributed by atoms with Gasteiger partial charge in [0.25, 0.3) is 5.91 Å². The number of rotatable bonds is 7. The van der Waals surface area contributed by atoms with Gasteiger partial charge in [-0.1, -0.05) is 12.1 Å². The van der Waals surface area contributed by atoms with Crippen LogP contribution < -0.4 is 20.1 Å². The molecule has 2 aromatic rings. The summed E-state index contributed by atoms with van der Waals surface area (Å²) < 4.78 is 5.37. The average Bonchev–Trinajstić information content (AvgIpc) is 2.91. The van der Waals surface area contributed by atoms with Gasteiger partial charge in [0, 0.05) is 18.1 Å². The number of carboxylic acids is 1. The van der Waals surface area contributed by atoms with Crippen molar-refractivity contribution >= 4 is 29.2 Å². The molecule has 1 aliphatic rings. The molecule has 0 aromatic heterocycles. The normalized spacial score (nSPS) is 16.5. The number of amides is 2. The van der Waals surface area contributed by atoms with Gasteiger partial charge in [-0.25, -0.2) is 4.90 Å². The van der Waals surface area contributed by atoms with Crippen molar-refractivity contribution < 1.29 is 24.2 Å². The van der Waals surface area contributed by atoms with E-state index >= 15 is 0 Å². The zero-order valence-corrected chi connectivity index (χ0v) is 14.8. The number of carboxylic acid groups (broad SMARTS) is 1. The lowest BCUT2D eigenvalue weighted by atomic mass is 10.1. The van der Waals surface area contributed by atoms with E-state index in [4.69, 9.17) is 4.74 Å². The Kier molecular flexibility index (Phi) is 5.40. The van der Waals surface area contributed by atoms with Crippen LogP contribution in [0.4, 0.5) is 11.4 Å². The number of carbonyl (C=O) groups excluding carboxylic acids is 3. The lowest BCUT2D eigenvalue weighted by molar-refractivity contribution is -0.304. The standard InChI is InChI=1S/C20H20N2O5/c1-2-27-16-9-7-15(8-10-16)22-18(23)12-17(20(22)26)21-14-5-3-13(4-6-14)11-19(24)25/h3-10,17,21H,2,11-12H2,1H3,(H,24,25)/p-1/t17-/m1/s1. The highest BCUT2D eigenvalue weighted by Crippen LogP contribution is 2.27. The van der Waals surface area contributed by atoms with Gasteiger partial charge < -0.3 is 20.0 Å². The topological polar surface area (TPSA) is 98.8 Å². The molecule has 3 rings (SSSR count). The number of benzene rings is 2. The number of imide groups is 1. The molecule has 1 heterocycles. The number of hydrogen-bond donors (Lipinski definition) is 1. The van der Waals surface area contributed by atoms with E-state index in [9.17, 15) is 19.5 Å². The number of hydrogen-bond acceptors (Lipinski definition) is 6. The predicted molar refractivity (Wildman–Crippen MR) is 97.3 cm³/mol. The Bertz CT molecular complexity index is 846. The van der Waals surface area contributed by atoms with E-state index in [0.717, 1.165) is 4.90 Å². The Morgan fingerprint density at radius 3 is 2.41 bits per heavy atom. The molecule has 140 valence electrons. The zero-order chi connectivity index (χ0) is 19.4. The van der Waals surface area contributed by atoms with E-state index in [2.05, 4.69) is 5.32 Å². The van der Waals surface area contributed by atoms with Crippen LogP contribution in [0, 0.1) is 0 Å². The van der Waals surface area contributed by atoms with Crippen molar-refractivity contribution in [3.05, 3.63) is 54.1 Å². The summed E-state index contributed by atoms with van der Waals surface area (Å²) in [4.78, 5) is 36.8. The Balaban J connectivity index is 1.69. The fourth-order valence-electron chi connectivity index (χ4n) is 2.96. The van der Waals surface area contributed by atoms with Crippen LogP contribution in [-0.2, 0) is 20.8 Å². The highest BCUT2D eigenvalue weighted by atomic mass is 16.5. The van der Waals surface area contributed by atoms with Crippen molar-refractivity contribution in [1.29, 1.82) is 0 Å². The summed E-state index contributed by atoms with van der Waals surface area (Å²) in [5, 5.41) is 13.7. The first-order valence-electron chi connectivity index (χ1n) is 8.63. The monoisotopic (exact) mass is 367 g/mol. The summed E-state index contributed by atoms with van der Waals surface area (Å²) in [6, 6.07) is 12.8. The molecule has 0 spiro atoms. The minimum Gasteiger partial charge on any atom is -0.550 e. The zero-order valence-electron chi connectivity index (χ0n) is 14.8. The van der Waals surface area contributed by atoms with Gasteiger partial charge in [0.05, 0.1) is 18.7 Å². The van der Waals surface area contributed by atoms with Crippen LogP contribution in [0.3, 0.4) is 0 Å². The largest absolute Gasteiger partial charge is 0.550 e. The molecule has 0 radical (unpaired) electrons. The molecule has 1 atom stereocenters. The van der Waals surface area contributed by atoms with Crippen LogP contribution in [-0.4, -0.2) is 30.4 Å². The smallest absolute Gasteiger partial charge is 0.256 e. The van der Waals surface area contributed by atoms with E-state index < -0.39 is 12.0 Å². The molecule has 2 amide bonds. The third-order valence-corrected chi connectivity index (χ3v) is 4.20. The van der Waals surface area contributed by atoms with Gasteiger partial charge in [-0.15, -0.1) is 0 Å². The lowest BCUT2D eigenvalue weighted by Crippen LogP contribution is -2.34. The van der Waals surface area contributed by atoms with E-state index in [1.54, 1.807) is 48.5 Å². The Labute approximate surface area is 156 Å². The molecule has 1 aliphatic heterocycles. The molecule has 0 aliphatic carbocycles. The van der Waals surface area contributed by atoms with Crippen LogP contribution in [0.15, 0.2) is 48.5 Å². The molecule has 2 aromatic carbocycles. The first-order valence-corrected chi connectivity index (χ1v) is 8.63. The van der Waals surface area contributed by atoms with Crippen LogP contribution in [0.5, 0.6) is 5.75 Å². The second-order valence-electron chi connectivity index (χ2n) is 6.14. The average molecular weight is 367 g/mol. The fourth-order valence-corrected chi connectivity index (χ4v) is 2.96. The van der Waals surface area contributed by atoms with Crippen molar-refractivity contribution in [1.82, 2.24) is 0 Å².